The van der Waals surface area contributed by atoms with E-state index in [1.54, 1.807) is 0 Å². The Labute approximate surface area is 115 Å². The van der Waals surface area contributed by atoms with Gasteiger partial charge in [-0.2, -0.15) is 0 Å². The Morgan fingerprint density at radius 3 is 2.79 bits per heavy atom. The molecule has 3 heteroatoms. The van der Waals surface area contributed by atoms with Gasteiger partial charge in [-0.25, -0.2) is 4.98 Å². The van der Waals surface area contributed by atoms with Gasteiger partial charge in [0, 0.05) is 13.1 Å². The minimum atomic E-state index is 0.599. The van der Waals surface area contributed by atoms with Crippen LogP contribution in [0.25, 0.3) is 11.0 Å². The molecule has 0 saturated heterocycles. The van der Waals surface area contributed by atoms with Crippen molar-refractivity contribution in [1.82, 2.24) is 14.9 Å². The molecule has 0 bridgehead atoms. The highest BCUT2D eigenvalue weighted by Gasteiger charge is 2.21. The monoisotopic (exact) mass is 257 g/mol. The number of hydrogen-bond acceptors (Lipinski definition) is 2. The van der Waals surface area contributed by atoms with E-state index in [0.717, 1.165) is 23.8 Å². The zero-order valence-corrected chi connectivity index (χ0v) is 11.9. The summed E-state index contributed by atoms with van der Waals surface area (Å²) < 4.78 is 2.20. The quantitative estimate of drug-likeness (QED) is 0.911. The molecule has 1 fully saturated rings. The summed E-state index contributed by atoms with van der Waals surface area (Å²) in [6, 6.07) is 8.93. The average Bonchev–Trinajstić information content (AvgIpc) is 3.05. The molecular formula is C16H23N3. The van der Waals surface area contributed by atoms with Crippen LogP contribution in [-0.4, -0.2) is 15.6 Å². The molecule has 1 aromatic carbocycles. The number of benzene rings is 1. The average molecular weight is 257 g/mol. The summed E-state index contributed by atoms with van der Waals surface area (Å²) in [4.78, 5) is 4.71. The van der Waals surface area contributed by atoms with Crippen molar-refractivity contribution in [2.24, 2.45) is 13.0 Å². The van der Waals surface area contributed by atoms with Crippen molar-refractivity contribution in [1.29, 1.82) is 0 Å². The van der Waals surface area contributed by atoms with Crippen molar-refractivity contribution in [3.05, 3.63) is 30.1 Å². The van der Waals surface area contributed by atoms with Crippen LogP contribution in [0, 0.1) is 5.92 Å². The van der Waals surface area contributed by atoms with Gasteiger partial charge < -0.3 is 9.88 Å². The van der Waals surface area contributed by atoms with Gasteiger partial charge in [-0.05, 0) is 37.8 Å². The molecule has 0 aliphatic heterocycles. The Hall–Kier alpha value is -1.35. The fourth-order valence-electron chi connectivity index (χ4n) is 3.23. The second-order valence-electron chi connectivity index (χ2n) is 5.79. The Morgan fingerprint density at radius 1 is 1.32 bits per heavy atom. The van der Waals surface area contributed by atoms with Gasteiger partial charge in [0.15, 0.2) is 0 Å². The summed E-state index contributed by atoms with van der Waals surface area (Å²) in [5, 5.41) is 3.66. The van der Waals surface area contributed by atoms with Gasteiger partial charge in [0.05, 0.1) is 17.6 Å². The summed E-state index contributed by atoms with van der Waals surface area (Å²) in [7, 11) is 2.10. The third kappa shape index (κ3) is 2.52. The molecule has 1 aliphatic rings. The number of aromatic nitrogens is 2. The first-order valence-corrected chi connectivity index (χ1v) is 7.39. The van der Waals surface area contributed by atoms with Gasteiger partial charge in [0.2, 0.25) is 0 Å². The molecule has 2 aromatic rings. The smallest absolute Gasteiger partial charge is 0.123 e. The maximum absolute atomic E-state index is 4.71. The summed E-state index contributed by atoms with van der Waals surface area (Å²) in [5.74, 6) is 1.99. The van der Waals surface area contributed by atoms with Crippen molar-refractivity contribution >= 4 is 11.0 Å². The first-order valence-electron chi connectivity index (χ1n) is 7.39. The number of rotatable bonds is 4. The minimum Gasteiger partial charge on any atom is -0.330 e. The maximum Gasteiger partial charge on any atom is 0.123 e. The zero-order chi connectivity index (χ0) is 13.2. The highest BCUT2D eigenvalue weighted by molar-refractivity contribution is 5.75. The third-order valence-electron chi connectivity index (χ3n) is 4.57. The molecular weight excluding hydrogens is 234 g/mol. The SMILES string of the molecule is C[C@H](NCc1nc2ccccc2n1C)C1CCCC1. The standard InChI is InChI=1S/C16H23N3/c1-12(13-7-3-4-8-13)17-11-16-18-14-9-5-6-10-15(14)19(16)2/h5-6,9-10,12-13,17H,3-4,7-8,11H2,1-2H3/t12-/m0/s1. The number of hydrogen-bond donors (Lipinski definition) is 1. The van der Waals surface area contributed by atoms with E-state index in [1.165, 1.54) is 31.2 Å². The summed E-state index contributed by atoms with van der Waals surface area (Å²) >= 11 is 0. The normalized spacial score (nSPS) is 18.2. The number of nitrogens with zero attached hydrogens (tertiary/aromatic N) is 2. The summed E-state index contributed by atoms with van der Waals surface area (Å²) in [5.41, 5.74) is 2.31. The molecule has 1 N–H and O–H groups in total. The van der Waals surface area contributed by atoms with Crippen molar-refractivity contribution in [3.8, 4) is 0 Å². The predicted octanol–water partition coefficient (Wildman–Crippen LogP) is 3.24. The lowest BCUT2D eigenvalue weighted by molar-refractivity contribution is 0.376. The van der Waals surface area contributed by atoms with E-state index in [9.17, 15) is 0 Å². The van der Waals surface area contributed by atoms with Crippen LogP contribution in [0.4, 0.5) is 0 Å². The molecule has 1 saturated carbocycles. The molecule has 0 amide bonds. The molecule has 1 atom stereocenters. The second-order valence-corrected chi connectivity index (χ2v) is 5.79. The predicted molar refractivity (Wildman–Crippen MR) is 79.0 cm³/mol. The molecule has 3 rings (SSSR count). The molecule has 3 nitrogen and oxygen atoms in total. The van der Waals surface area contributed by atoms with Crippen LogP contribution >= 0.6 is 0 Å². The largest absolute Gasteiger partial charge is 0.330 e. The van der Waals surface area contributed by atoms with E-state index >= 15 is 0 Å². The van der Waals surface area contributed by atoms with Crippen LogP contribution in [0.5, 0.6) is 0 Å². The van der Waals surface area contributed by atoms with Gasteiger partial charge in [0.25, 0.3) is 0 Å². The van der Waals surface area contributed by atoms with E-state index in [-0.39, 0.29) is 0 Å². The third-order valence-corrected chi connectivity index (χ3v) is 4.57. The van der Waals surface area contributed by atoms with Crippen LogP contribution in [0.2, 0.25) is 0 Å². The first-order chi connectivity index (χ1) is 9.25. The lowest BCUT2D eigenvalue weighted by Gasteiger charge is -2.20. The fourth-order valence-corrected chi connectivity index (χ4v) is 3.23. The van der Waals surface area contributed by atoms with Gasteiger partial charge >= 0.3 is 0 Å². The number of para-hydroxylation sites is 2. The topological polar surface area (TPSA) is 29.9 Å². The minimum absolute atomic E-state index is 0.599. The van der Waals surface area contributed by atoms with Crippen molar-refractivity contribution in [3.63, 3.8) is 0 Å². The van der Waals surface area contributed by atoms with E-state index < -0.39 is 0 Å². The summed E-state index contributed by atoms with van der Waals surface area (Å²) in [6.07, 6.45) is 5.58. The first kappa shape index (κ1) is 12.7. The Kier molecular flexibility index (Phi) is 3.56. The van der Waals surface area contributed by atoms with Crippen molar-refractivity contribution in [2.75, 3.05) is 0 Å². The van der Waals surface area contributed by atoms with E-state index in [1.807, 2.05) is 6.07 Å². The maximum atomic E-state index is 4.71. The molecule has 0 radical (unpaired) electrons. The Morgan fingerprint density at radius 2 is 2.05 bits per heavy atom. The molecule has 1 heterocycles. The van der Waals surface area contributed by atoms with Crippen LogP contribution in [0.15, 0.2) is 24.3 Å². The van der Waals surface area contributed by atoms with Crippen molar-refractivity contribution in [2.45, 2.75) is 45.2 Å². The van der Waals surface area contributed by atoms with E-state index in [2.05, 4.69) is 42.1 Å². The molecule has 1 aromatic heterocycles. The second kappa shape index (κ2) is 5.33. The highest BCUT2D eigenvalue weighted by atomic mass is 15.1. The molecule has 0 spiro atoms. The van der Waals surface area contributed by atoms with Crippen LogP contribution < -0.4 is 5.32 Å². The lowest BCUT2D eigenvalue weighted by Crippen LogP contribution is -2.32. The zero-order valence-electron chi connectivity index (χ0n) is 11.9. The number of aryl methyl sites for hydroxylation is 1. The molecule has 19 heavy (non-hydrogen) atoms. The van der Waals surface area contributed by atoms with Gasteiger partial charge in [-0.3, -0.25) is 0 Å². The van der Waals surface area contributed by atoms with Crippen LogP contribution in [0.1, 0.15) is 38.4 Å². The van der Waals surface area contributed by atoms with Gasteiger partial charge in [-0.1, -0.05) is 25.0 Å². The van der Waals surface area contributed by atoms with Crippen LogP contribution in [0.3, 0.4) is 0 Å². The lowest BCUT2D eigenvalue weighted by atomic mass is 10.00. The van der Waals surface area contributed by atoms with Crippen LogP contribution in [-0.2, 0) is 13.6 Å². The van der Waals surface area contributed by atoms with Gasteiger partial charge in [0.1, 0.15) is 5.82 Å². The number of fused-ring (bicyclic) bond motifs is 1. The summed E-state index contributed by atoms with van der Waals surface area (Å²) in [6.45, 7) is 3.18. The molecule has 1 aliphatic carbocycles. The van der Waals surface area contributed by atoms with Gasteiger partial charge in [-0.15, -0.1) is 0 Å². The highest BCUT2D eigenvalue weighted by Crippen LogP contribution is 2.27. The Bertz CT molecular complexity index is 552. The van der Waals surface area contributed by atoms with Crippen molar-refractivity contribution < 1.29 is 0 Å². The Balaban J connectivity index is 1.69. The molecule has 102 valence electrons. The fraction of sp³-hybridized carbons (Fsp3) is 0.562. The van der Waals surface area contributed by atoms with E-state index in [4.69, 9.17) is 4.98 Å². The number of nitrogens with one attached hydrogen (secondary N) is 1. The number of imidazole rings is 1. The molecule has 0 unspecified atom stereocenters. The van der Waals surface area contributed by atoms with E-state index in [0.29, 0.717) is 6.04 Å².